The van der Waals surface area contributed by atoms with Crippen LogP contribution in [0, 0.1) is 5.92 Å². The fourth-order valence-corrected chi connectivity index (χ4v) is 2.27. The molecular formula is C16H24N2O. The monoisotopic (exact) mass is 260 g/mol. The number of aryl methyl sites for hydroxylation is 1. The lowest BCUT2D eigenvalue weighted by Crippen LogP contribution is -2.21. The first-order valence-electron chi connectivity index (χ1n) is 7.04. The molecule has 1 N–H and O–H groups in total. The van der Waals surface area contributed by atoms with E-state index in [0.717, 1.165) is 37.7 Å². The molecule has 0 aliphatic rings. The summed E-state index contributed by atoms with van der Waals surface area (Å²) in [5.41, 5.74) is 1.28. The zero-order chi connectivity index (χ0) is 13.7. The van der Waals surface area contributed by atoms with Crippen LogP contribution in [0.25, 0.3) is 10.9 Å². The molecule has 0 unspecified atom stereocenters. The van der Waals surface area contributed by atoms with Gasteiger partial charge in [-0.2, -0.15) is 0 Å². The first kappa shape index (κ1) is 13.9. The van der Waals surface area contributed by atoms with E-state index < -0.39 is 0 Å². The summed E-state index contributed by atoms with van der Waals surface area (Å²) in [7, 11) is 1.71. The number of hydrogen-bond acceptors (Lipinski definition) is 2. The second kappa shape index (κ2) is 6.62. The molecule has 1 heterocycles. The number of nitrogens with zero attached hydrogens (tertiary/aromatic N) is 1. The van der Waals surface area contributed by atoms with Gasteiger partial charge in [0.15, 0.2) is 0 Å². The molecule has 3 heteroatoms. The molecule has 2 aromatic rings. The van der Waals surface area contributed by atoms with Gasteiger partial charge in [-0.3, -0.25) is 0 Å². The average molecular weight is 260 g/mol. The number of hydrogen-bond donors (Lipinski definition) is 1. The van der Waals surface area contributed by atoms with Gasteiger partial charge in [-0.1, -0.05) is 13.8 Å². The van der Waals surface area contributed by atoms with E-state index in [1.54, 1.807) is 7.11 Å². The van der Waals surface area contributed by atoms with Crippen LogP contribution >= 0.6 is 0 Å². The maximum atomic E-state index is 5.25. The normalized spacial score (nSPS) is 11.4. The highest BCUT2D eigenvalue weighted by Gasteiger charge is 2.02. The van der Waals surface area contributed by atoms with Crippen LogP contribution in [0.15, 0.2) is 30.5 Å². The van der Waals surface area contributed by atoms with Crippen LogP contribution in [0.2, 0.25) is 0 Å². The van der Waals surface area contributed by atoms with Crippen molar-refractivity contribution in [2.45, 2.75) is 26.8 Å². The Kier molecular flexibility index (Phi) is 4.86. The van der Waals surface area contributed by atoms with Crippen LogP contribution in [-0.2, 0) is 6.54 Å². The van der Waals surface area contributed by atoms with Crippen LogP contribution in [0.1, 0.15) is 20.3 Å². The molecule has 0 aliphatic heterocycles. The highest BCUT2D eigenvalue weighted by atomic mass is 16.5. The van der Waals surface area contributed by atoms with E-state index in [0.29, 0.717) is 0 Å². The quantitative estimate of drug-likeness (QED) is 0.773. The Morgan fingerprint density at radius 3 is 2.84 bits per heavy atom. The van der Waals surface area contributed by atoms with E-state index in [-0.39, 0.29) is 0 Å². The minimum Gasteiger partial charge on any atom is -0.497 e. The first-order valence-corrected chi connectivity index (χ1v) is 7.04. The smallest absolute Gasteiger partial charge is 0.119 e. The predicted octanol–water partition coefficient (Wildman–Crippen LogP) is 3.29. The number of ether oxygens (including phenoxy) is 1. The zero-order valence-electron chi connectivity index (χ0n) is 12.1. The van der Waals surface area contributed by atoms with Gasteiger partial charge in [-0.25, -0.2) is 0 Å². The number of nitrogens with one attached hydrogen (secondary N) is 1. The highest BCUT2D eigenvalue weighted by molar-refractivity contribution is 5.81. The van der Waals surface area contributed by atoms with Crippen molar-refractivity contribution >= 4 is 10.9 Å². The molecule has 1 aromatic carbocycles. The third kappa shape index (κ3) is 3.74. The van der Waals surface area contributed by atoms with Gasteiger partial charge in [0.2, 0.25) is 0 Å². The summed E-state index contributed by atoms with van der Waals surface area (Å²) in [5, 5.41) is 4.73. The van der Waals surface area contributed by atoms with Crippen molar-refractivity contribution in [2.24, 2.45) is 5.92 Å². The van der Waals surface area contributed by atoms with Crippen LogP contribution < -0.4 is 10.1 Å². The molecule has 104 valence electrons. The average Bonchev–Trinajstić information content (AvgIpc) is 2.80. The van der Waals surface area contributed by atoms with Crippen LogP contribution in [0.3, 0.4) is 0 Å². The summed E-state index contributed by atoms with van der Waals surface area (Å²) < 4.78 is 7.56. The molecule has 1 aromatic heterocycles. The topological polar surface area (TPSA) is 26.2 Å². The summed E-state index contributed by atoms with van der Waals surface area (Å²) in [6.45, 7) is 7.71. The van der Waals surface area contributed by atoms with Gasteiger partial charge in [0.25, 0.3) is 0 Å². The zero-order valence-corrected chi connectivity index (χ0v) is 12.1. The van der Waals surface area contributed by atoms with E-state index in [1.807, 2.05) is 6.07 Å². The van der Waals surface area contributed by atoms with Crippen molar-refractivity contribution in [3.05, 3.63) is 30.5 Å². The molecule has 3 nitrogen and oxygen atoms in total. The Bertz CT molecular complexity index is 516. The number of aromatic nitrogens is 1. The third-order valence-corrected chi connectivity index (χ3v) is 3.28. The van der Waals surface area contributed by atoms with E-state index in [4.69, 9.17) is 4.74 Å². The fraction of sp³-hybridized carbons (Fsp3) is 0.500. The second-order valence-electron chi connectivity index (χ2n) is 5.39. The lowest BCUT2D eigenvalue weighted by Gasteiger charge is -2.09. The van der Waals surface area contributed by atoms with Gasteiger partial charge in [-0.05, 0) is 49.7 Å². The minimum atomic E-state index is 0.722. The van der Waals surface area contributed by atoms with Crippen molar-refractivity contribution in [2.75, 3.05) is 20.2 Å². The summed E-state index contributed by atoms with van der Waals surface area (Å²) in [6, 6.07) is 8.40. The maximum absolute atomic E-state index is 5.25. The van der Waals surface area contributed by atoms with Gasteiger partial charge < -0.3 is 14.6 Å². The molecular weight excluding hydrogens is 236 g/mol. The van der Waals surface area contributed by atoms with Crippen LogP contribution in [0.5, 0.6) is 5.75 Å². The van der Waals surface area contributed by atoms with Crippen LogP contribution in [0.4, 0.5) is 0 Å². The van der Waals surface area contributed by atoms with E-state index in [9.17, 15) is 0 Å². The Balaban J connectivity index is 1.90. The van der Waals surface area contributed by atoms with Gasteiger partial charge in [0, 0.05) is 23.6 Å². The molecule has 0 spiro atoms. The number of methoxy groups -OCH3 is 1. The maximum Gasteiger partial charge on any atom is 0.119 e. The summed E-state index contributed by atoms with van der Waals surface area (Å²) >= 11 is 0. The molecule has 0 saturated heterocycles. The molecule has 0 amide bonds. The van der Waals surface area contributed by atoms with Gasteiger partial charge in [-0.15, -0.1) is 0 Å². The van der Waals surface area contributed by atoms with Crippen molar-refractivity contribution in [1.82, 2.24) is 9.88 Å². The largest absolute Gasteiger partial charge is 0.497 e. The van der Waals surface area contributed by atoms with Gasteiger partial charge in [0.05, 0.1) is 7.11 Å². The van der Waals surface area contributed by atoms with Crippen molar-refractivity contribution in [3.8, 4) is 5.75 Å². The number of benzene rings is 1. The standard InChI is InChI=1S/C16H24N2O/c1-13(2)12-17-8-4-9-18-10-7-14-11-15(19-3)5-6-16(14)18/h5-7,10-11,13,17H,4,8-9,12H2,1-3H3. The van der Waals surface area contributed by atoms with E-state index in [2.05, 4.69) is 48.1 Å². The molecule has 0 atom stereocenters. The van der Waals surface area contributed by atoms with Crippen molar-refractivity contribution in [3.63, 3.8) is 0 Å². The lowest BCUT2D eigenvalue weighted by molar-refractivity contribution is 0.415. The summed E-state index contributed by atoms with van der Waals surface area (Å²) in [5.74, 6) is 1.64. The molecule has 0 saturated carbocycles. The Labute approximate surface area is 115 Å². The number of rotatable bonds is 7. The number of fused-ring (bicyclic) bond motifs is 1. The Morgan fingerprint density at radius 1 is 1.26 bits per heavy atom. The van der Waals surface area contributed by atoms with Gasteiger partial charge >= 0.3 is 0 Å². The Morgan fingerprint density at radius 2 is 2.11 bits per heavy atom. The Hall–Kier alpha value is -1.48. The molecule has 19 heavy (non-hydrogen) atoms. The lowest BCUT2D eigenvalue weighted by atomic mass is 10.2. The molecule has 2 rings (SSSR count). The van der Waals surface area contributed by atoms with Gasteiger partial charge in [0.1, 0.15) is 5.75 Å². The fourth-order valence-electron chi connectivity index (χ4n) is 2.27. The van der Waals surface area contributed by atoms with E-state index in [1.165, 1.54) is 10.9 Å². The summed E-state index contributed by atoms with van der Waals surface area (Å²) in [6.07, 6.45) is 3.31. The molecule has 0 radical (unpaired) electrons. The molecule has 0 fully saturated rings. The highest BCUT2D eigenvalue weighted by Crippen LogP contribution is 2.21. The third-order valence-electron chi connectivity index (χ3n) is 3.28. The minimum absolute atomic E-state index is 0.722. The summed E-state index contributed by atoms with van der Waals surface area (Å²) in [4.78, 5) is 0. The van der Waals surface area contributed by atoms with Crippen LogP contribution in [-0.4, -0.2) is 24.8 Å². The van der Waals surface area contributed by atoms with Crippen molar-refractivity contribution < 1.29 is 4.74 Å². The predicted molar refractivity (Wildman–Crippen MR) is 80.8 cm³/mol. The van der Waals surface area contributed by atoms with E-state index >= 15 is 0 Å². The SMILES string of the molecule is COc1ccc2c(ccn2CCCNCC(C)C)c1. The molecule has 0 aliphatic carbocycles. The second-order valence-corrected chi connectivity index (χ2v) is 5.39. The van der Waals surface area contributed by atoms with Crippen molar-refractivity contribution in [1.29, 1.82) is 0 Å². The first-order chi connectivity index (χ1) is 9.20. The molecule has 0 bridgehead atoms.